The van der Waals surface area contributed by atoms with Crippen LogP contribution in [0.5, 0.6) is 0 Å². The highest BCUT2D eigenvalue weighted by Gasteiger charge is 2.49. The predicted octanol–water partition coefficient (Wildman–Crippen LogP) is 0.980. The molecule has 1 spiro atoms. The molecule has 7 nitrogen and oxygen atoms in total. The van der Waals surface area contributed by atoms with Crippen LogP contribution in [-0.2, 0) is 16.1 Å². The lowest BCUT2D eigenvalue weighted by Gasteiger charge is -2.21. The van der Waals surface area contributed by atoms with Crippen molar-refractivity contribution in [3.05, 3.63) is 17.4 Å². The number of amides is 2. The number of likely N-dealkylation sites (tertiary alicyclic amines) is 1. The molecule has 3 rings (SSSR count). The van der Waals surface area contributed by atoms with E-state index in [4.69, 9.17) is 16.3 Å². The molecule has 21 heavy (non-hydrogen) atoms. The lowest BCUT2D eigenvalue weighted by molar-refractivity contribution is -0.131. The Morgan fingerprint density at radius 1 is 1.52 bits per heavy atom. The van der Waals surface area contributed by atoms with Gasteiger partial charge in [-0.3, -0.25) is 9.48 Å². The number of hydrogen-bond donors (Lipinski definition) is 0. The van der Waals surface area contributed by atoms with Gasteiger partial charge < -0.3 is 14.5 Å². The van der Waals surface area contributed by atoms with Gasteiger partial charge in [-0.05, 0) is 0 Å². The average molecular weight is 313 g/mol. The maximum Gasteiger partial charge on any atom is 0.410 e. The van der Waals surface area contributed by atoms with Gasteiger partial charge in [0, 0.05) is 39.2 Å². The Labute approximate surface area is 127 Å². The van der Waals surface area contributed by atoms with Gasteiger partial charge in [0.2, 0.25) is 5.91 Å². The van der Waals surface area contributed by atoms with E-state index in [0.29, 0.717) is 44.0 Å². The zero-order valence-electron chi connectivity index (χ0n) is 11.8. The normalized spacial score (nSPS) is 25.0. The van der Waals surface area contributed by atoms with Crippen LogP contribution in [0.3, 0.4) is 0 Å². The van der Waals surface area contributed by atoms with Crippen molar-refractivity contribution >= 4 is 23.6 Å². The maximum absolute atomic E-state index is 12.2. The molecule has 0 aromatic carbocycles. The van der Waals surface area contributed by atoms with E-state index in [-0.39, 0.29) is 12.0 Å². The summed E-state index contributed by atoms with van der Waals surface area (Å²) in [7, 11) is 1.71. The molecule has 0 saturated carbocycles. The summed E-state index contributed by atoms with van der Waals surface area (Å²) in [5.74, 6) is 0.0455. The van der Waals surface area contributed by atoms with Crippen LogP contribution in [0.1, 0.15) is 12.8 Å². The molecule has 2 aliphatic rings. The van der Waals surface area contributed by atoms with Gasteiger partial charge in [-0.2, -0.15) is 5.10 Å². The fourth-order valence-electron chi connectivity index (χ4n) is 2.89. The second-order valence-corrected chi connectivity index (χ2v) is 6.08. The average Bonchev–Trinajstić information content (AvgIpc) is 3.09. The number of aryl methyl sites for hydroxylation is 1. The molecule has 1 aromatic heterocycles. The largest absolute Gasteiger partial charge is 0.439 e. The molecule has 1 atom stereocenters. The molecule has 0 bridgehead atoms. The van der Waals surface area contributed by atoms with Crippen LogP contribution in [0.25, 0.3) is 0 Å². The number of ether oxygens (including phenoxy) is 1. The van der Waals surface area contributed by atoms with Crippen molar-refractivity contribution in [2.45, 2.75) is 25.0 Å². The number of rotatable bonds is 3. The molecule has 0 aliphatic carbocycles. The number of hydrogen-bond acceptors (Lipinski definition) is 4. The summed E-state index contributed by atoms with van der Waals surface area (Å²) in [5.41, 5.74) is -0.517. The molecule has 3 heterocycles. The predicted molar refractivity (Wildman–Crippen MR) is 74.9 cm³/mol. The Balaban J connectivity index is 1.54. The third-order valence-corrected chi connectivity index (χ3v) is 4.16. The molecule has 2 amide bonds. The van der Waals surface area contributed by atoms with Gasteiger partial charge in [0.05, 0.1) is 24.3 Å². The van der Waals surface area contributed by atoms with Gasteiger partial charge in [0.15, 0.2) is 5.60 Å². The second kappa shape index (κ2) is 5.22. The van der Waals surface area contributed by atoms with E-state index in [9.17, 15) is 9.59 Å². The zero-order chi connectivity index (χ0) is 15.0. The van der Waals surface area contributed by atoms with Crippen molar-refractivity contribution in [1.82, 2.24) is 19.6 Å². The van der Waals surface area contributed by atoms with E-state index in [0.717, 1.165) is 0 Å². The van der Waals surface area contributed by atoms with E-state index in [1.165, 1.54) is 0 Å². The minimum Gasteiger partial charge on any atom is -0.439 e. The number of carbonyl (C=O) groups excluding carboxylic acids is 2. The first-order chi connectivity index (χ1) is 9.97. The van der Waals surface area contributed by atoms with Gasteiger partial charge in [-0.1, -0.05) is 11.6 Å². The monoisotopic (exact) mass is 312 g/mol. The number of carbonyl (C=O) groups is 2. The summed E-state index contributed by atoms with van der Waals surface area (Å²) in [6.07, 6.45) is 3.98. The van der Waals surface area contributed by atoms with Gasteiger partial charge in [0.1, 0.15) is 0 Å². The summed E-state index contributed by atoms with van der Waals surface area (Å²) in [6, 6.07) is 0. The molecule has 8 heteroatoms. The first-order valence-corrected chi connectivity index (χ1v) is 7.25. The van der Waals surface area contributed by atoms with Crippen LogP contribution in [0.4, 0.5) is 4.79 Å². The Morgan fingerprint density at radius 2 is 2.33 bits per heavy atom. The second-order valence-electron chi connectivity index (χ2n) is 5.64. The molecule has 2 fully saturated rings. The van der Waals surface area contributed by atoms with Crippen molar-refractivity contribution in [1.29, 1.82) is 0 Å². The minimum atomic E-state index is -0.517. The van der Waals surface area contributed by atoms with Crippen LogP contribution in [-0.4, -0.2) is 63.9 Å². The topological polar surface area (TPSA) is 67.7 Å². The van der Waals surface area contributed by atoms with Crippen LogP contribution >= 0.6 is 11.6 Å². The van der Waals surface area contributed by atoms with E-state index >= 15 is 0 Å². The number of halogens is 1. The third-order valence-electron chi connectivity index (χ3n) is 3.97. The molecule has 1 aromatic rings. The molecule has 2 saturated heterocycles. The highest BCUT2D eigenvalue weighted by molar-refractivity contribution is 6.30. The fourth-order valence-corrected chi connectivity index (χ4v) is 3.05. The lowest BCUT2D eigenvalue weighted by atomic mass is 10.0. The molecule has 0 N–H and O–H groups in total. The molecule has 0 radical (unpaired) electrons. The quantitative estimate of drug-likeness (QED) is 0.834. The molecule has 0 unspecified atom stereocenters. The Kier molecular flexibility index (Phi) is 3.52. The van der Waals surface area contributed by atoms with Crippen LogP contribution in [0.2, 0.25) is 5.02 Å². The number of likely N-dealkylation sites (N-methyl/N-ethyl adjacent to an activating group) is 1. The summed E-state index contributed by atoms with van der Waals surface area (Å²) < 4.78 is 7.07. The Morgan fingerprint density at radius 3 is 2.95 bits per heavy atom. The van der Waals surface area contributed by atoms with Crippen molar-refractivity contribution in [3.63, 3.8) is 0 Å². The molecule has 2 aliphatic heterocycles. The standard InChI is InChI=1S/C13H17ClN4O3/c1-16-8-13(21-12(16)20)3-5-17(9-13)11(19)2-4-18-7-10(14)6-15-18/h6-7H,2-5,8-9H2,1H3/t13-/m1/s1. The van der Waals surface area contributed by atoms with E-state index in [1.807, 2.05) is 0 Å². The van der Waals surface area contributed by atoms with Gasteiger partial charge in [-0.15, -0.1) is 0 Å². The third kappa shape index (κ3) is 2.83. The lowest BCUT2D eigenvalue weighted by Crippen LogP contribution is -2.39. The van der Waals surface area contributed by atoms with Crippen molar-refractivity contribution < 1.29 is 14.3 Å². The molecular weight excluding hydrogens is 296 g/mol. The summed E-state index contributed by atoms with van der Waals surface area (Å²) in [6.45, 7) is 2.14. The first-order valence-electron chi connectivity index (χ1n) is 6.87. The number of nitrogens with zero attached hydrogens (tertiary/aromatic N) is 4. The summed E-state index contributed by atoms with van der Waals surface area (Å²) >= 11 is 5.78. The maximum atomic E-state index is 12.2. The summed E-state index contributed by atoms with van der Waals surface area (Å²) in [5, 5.41) is 4.60. The van der Waals surface area contributed by atoms with E-state index in [1.54, 1.807) is 33.9 Å². The fraction of sp³-hybridized carbons (Fsp3) is 0.615. The van der Waals surface area contributed by atoms with Gasteiger partial charge in [-0.25, -0.2) is 4.79 Å². The van der Waals surface area contributed by atoms with E-state index < -0.39 is 5.60 Å². The van der Waals surface area contributed by atoms with Crippen LogP contribution < -0.4 is 0 Å². The summed E-state index contributed by atoms with van der Waals surface area (Å²) in [4.78, 5) is 27.0. The highest BCUT2D eigenvalue weighted by Crippen LogP contribution is 2.31. The van der Waals surface area contributed by atoms with Gasteiger partial charge >= 0.3 is 6.09 Å². The molecule has 114 valence electrons. The molecular formula is C13H17ClN4O3. The van der Waals surface area contributed by atoms with E-state index in [2.05, 4.69) is 5.10 Å². The smallest absolute Gasteiger partial charge is 0.410 e. The Hall–Kier alpha value is -1.76. The minimum absolute atomic E-state index is 0.0455. The highest BCUT2D eigenvalue weighted by atomic mass is 35.5. The van der Waals surface area contributed by atoms with Crippen molar-refractivity contribution in [3.8, 4) is 0 Å². The van der Waals surface area contributed by atoms with Crippen molar-refractivity contribution in [2.24, 2.45) is 0 Å². The van der Waals surface area contributed by atoms with Crippen LogP contribution in [0, 0.1) is 0 Å². The SMILES string of the molecule is CN1C[C@@]2(CCN(C(=O)CCn3cc(Cl)cn3)C2)OC1=O. The number of aromatic nitrogens is 2. The van der Waals surface area contributed by atoms with Gasteiger partial charge in [0.25, 0.3) is 0 Å². The first kappa shape index (κ1) is 14.2. The van der Waals surface area contributed by atoms with Crippen LogP contribution in [0.15, 0.2) is 12.4 Å². The Bertz CT molecular complexity index is 576. The zero-order valence-corrected chi connectivity index (χ0v) is 12.5. The van der Waals surface area contributed by atoms with Crippen molar-refractivity contribution in [2.75, 3.05) is 26.7 Å².